The summed E-state index contributed by atoms with van der Waals surface area (Å²) in [5, 5.41) is 27.4. The zero-order chi connectivity index (χ0) is 13.1. The number of phenolic OH excluding ortho intramolecular Hbond substituents is 2. The number of carbonyl (C=O) groups is 1. The van der Waals surface area contributed by atoms with E-state index >= 15 is 0 Å². The van der Waals surface area contributed by atoms with Crippen LogP contribution in [0.5, 0.6) is 11.5 Å². The lowest BCUT2D eigenvalue weighted by Gasteiger charge is -2.23. The Hall–Kier alpha value is -1.79. The quantitative estimate of drug-likeness (QED) is 0.288. The van der Waals surface area contributed by atoms with Gasteiger partial charge in [0.2, 0.25) is 0 Å². The van der Waals surface area contributed by atoms with E-state index in [-0.39, 0.29) is 17.9 Å². The highest BCUT2D eigenvalue weighted by molar-refractivity contribution is 5.78. The number of nitrogens with one attached hydrogen (secondary N) is 1. The zero-order valence-corrected chi connectivity index (χ0v) is 9.47. The van der Waals surface area contributed by atoms with Crippen LogP contribution in [0, 0.1) is 0 Å². The summed E-state index contributed by atoms with van der Waals surface area (Å²) in [6.07, 6.45) is 0.684. The zero-order valence-electron chi connectivity index (χ0n) is 9.47. The third kappa shape index (κ3) is 3.08. The van der Waals surface area contributed by atoms with Crippen molar-refractivity contribution in [1.29, 1.82) is 0 Å². The molecule has 0 aromatic heterocycles. The summed E-state index contributed by atoms with van der Waals surface area (Å²) in [7, 11) is 0. The number of aryl methyl sites for hydroxylation is 1. The average molecular weight is 240 g/mol. The molecule has 1 aromatic rings. The van der Waals surface area contributed by atoms with E-state index in [4.69, 9.17) is 16.1 Å². The summed E-state index contributed by atoms with van der Waals surface area (Å²) in [5.41, 5.74) is 1.77. The number of hydrazine groups is 1. The topological polar surface area (TPSA) is 116 Å². The third-order valence-corrected chi connectivity index (χ3v) is 2.74. The van der Waals surface area contributed by atoms with E-state index in [1.54, 1.807) is 6.07 Å². The Labute approximate surface area is 98.7 Å². The van der Waals surface area contributed by atoms with Crippen molar-refractivity contribution in [2.24, 2.45) is 5.84 Å². The molecule has 0 fully saturated rings. The summed E-state index contributed by atoms with van der Waals surface area (Å²) in [4.78, 5) is 11.0. The Balaban J connectivity index is 2.73. The highest BCUT2D eigenvalue weighted by Crippen LogP contribution is 2.26. The number of aromatic hydroxyl groups is 2. The molecule has 0 radical (unpaired) electrons. The van der Waals surface area contributed by atoms with Crippen molar-refractivity contribution in [3.8, 4) is 11.5 Å². The Morgan fingerprint density at radius 1 is 1.41 bits per heavy atom. The maximum atomic E-state index is 11.0. The van der Waals surface area contributed by atoms with Gasteiger partial charge < -0.3 is 15.3 Å². The second kappa shape index (κ2) is 5.03. The van der Waals surface area contributed by atoms with Gasteiger partial charge >= 0.3 is 5.97 Å². The van der Waals surface area contributed by atoms with Gasteiger partial charge in [-0.3, -0.25) is 10.6 Å². The molecule has 6 N–H and O–H groups in total. The van der Waals surface area contributed by atoms with Crippen LogP contribution >= 0.6 is 0 Å². The fraction of sp³-hybridized carbons (Fsp3) is 0.364. The lowest BCUT2D eigenvalue weighted by atomic mass is 9.94. The minimum atomic E-state index is -1.21. The maximum Gasteiger partial charge on any atom is 0.324 e. The maximum absolute atomic E-state index is 11.0. The summed E-state index contributed by atoms with van der Waals surface area (Å²) in [6.45, 7) is 1.48. The molecule has 0 aliphatic heterocycles. The van der Waals surface area contributed by atoms with Crippen LogP contribution in [0.1, 0.15) is 18.9 Å². The van der Waals surface area contributed by atoms with Gasteiger partial charge in [-0.05, 0) is 37.5 Å². The number of carboxylic acids is 1. The van der Waals surface area contributed by atoms with E-state index in [2.05, 4.69) is 5.43 Å². The minimum absolute atomic E-state index is 0.202. The molecule has 94 valence electrons. The van der Waals surface area contributed by atoms with Crippen molar-refractivity contribution in [1.82, 2.24) is 5.43 Å². The van der Waals surface area contributed by atoms with Crippen molar-refractivity contribution in [2.75, 3.05) is 0 Å². The van der Waals surface area contributed by atoms with Crippen LogP contribution in [0.15, 0.2) is 18.2 Å². The standard InChI is InChI=1S/C11H16N2O4/c1-11(13-12,10(16)17)5-4-7-2-3-8(14)9(15)6-7/h2-3,6,13-15H,4-5,12H2,1H3,(H,16,17). The Kier molecular flexibility index (Phi) is 3.93. The number of phenols is 2. The first-order chi connectivity index (χ1) is 7.89. The van der Waals surface area contributed by atoms with Crippen molar-refractivity contribution < 1.29 is 20.1 Å². The van der Waals surface area contributed by atoms with Gasteiger partial charge in [0.05, 0.1) is 0 Å². The summed E-state index contributed by atoms with van der Waals surface area (Å²) >= 11 is 0. The molecule has 1 aromatic carbocycles. The molecule has 6 nitrogen and oxygen atoms in total. The molecular weight excluding hydrogens is 224 g/mol. The second-order valence-electron chi connectivity index (χ2n) is 4.10. The molecule has 0 aliphatic rings. The van der Waals surface area contributed by atoms with Gasteiger partial charge in [0.1, 0.15) is 5.54 Å². The van der Waals surface area contributed by atoms with Gasteiger partial charge in [0, 0.05) is 0 Å². The summed E-state index contributed by atoms with van der Waals surface area (Å²) in [5.74, 6) is 3.74. The van der Waals surface area contributed by atoms with Crippen LogP contribution in [0.2, 0.25) is 0 Å². The molecule has 0 bridgehead atoms. The smallest absolute Gasteiger partial charge is 0.324 e. The fourth-order valence-electron chi connectivity index (χ4n) is 1.36. The first kappa shape index (κ1) is 13.3. The predicted molar refractivity (Wildman–Crippen MR) is 61.5 cm³/mol. The SMILES string of the molecule is CC(CCc1ccc(O)c(O)c1)(NN)C(=O)O. The molecular formula is C11H16N2O4. The van der Waals surface area contributed by atoms with Gasteiger partial charge in [-0.25, -0.2) is 5.43 Å². The van der Waals surface area contributed by atoms with Gasteiger partial charge in [-0.15, -0.1) is 0 Å². The molecule has 0 saturated heterocycles. The van der Waals surface area contributed by atoms with Crippen LogP contribution in [-0.4, -0.2) is 26.8 Å². The monoisotopic (exact) mass is 240 g/mol. The predicted octanol–water partition coefficient (Wildman–Crippen LogP) is 0.337. The lowest BCUT2D eigenvalue weighted by Crippen LogP contribution is -2.53. The molecule has 1 atom stereocenters. The number of nitrogens with two attached hydrogens (primary N) is 1. The Bertz CT molecular complexity index is 422. The van der Waals surface area contributed by atoms with Crippen LogP contribution in [0.25, 0.3) is 0 Å². The molecule has 1 rings (SSSR count). The number of hydrogen-bond acceptors (Lipinski definition) is 5. The van der Waals surface area contributed by atoms with E-state index in [0.29, 0.717) is 6.42 Å². The molecule has 0 spiro atoms. The van der Waals surface area contributed by atoms with Gasteiger partial charge in [0.25, 0.3) is 0 Å². The Morgan fingerprint density at radius 2 is 2.06 bits per heavy atom. The highest BCUT2D eigenvalue weighted by atomic mass is 16.4. The second-order valence-corrected chi connectivity index (χ2v) is 4.10. The first-order valence-electron chi connectivity index (χ1n) is 5.11. The van der Waals surface area contributed by atoms with Gasteiger partial charge in [0.15, 0.2) is 11.5 Å². The fourth-order valence-corrected chi connectivity index (χ4v) is 1.36. The van der Waals surface area contributed by atoms with Gasteiger partial charge in [-0.2, -0.15) is 0 Å². The molecule has 0 saturated carbocycles. The number of rotatable bonds is 5. The largest absolute Gasteiger partial charge is 0.504 e. The third-order valence-electron chi connectivity index (χ3n) is 2.74. The van der Waals surface area contributed by atoms with E-state index in [0.717, 1.165) is 5.56 Å². The number of hydrogen-bond donors (Lipinski definition) is 5. The number of aliphatic carboxylic acids is 1. The number of carboxylic acid groups (broad SMARTS) is 1. The molecule has 6 heteroatoms. The van der Waals surface area contributed by atoms with Crippen LogP contribution in [-0.2, 0) is 11.2 Å². The normalized spacial score (nSPS) is 14.2. The van der Waals surface area contributed by atoms with Crippen molar-refractivity contribution >= 4 is 5.97 Å². The molecule has 0 amide bonds. The van der Waals surface area contributed by atoms with Crippen molar-refractivity contribution in [3.63, 3.8) is 0 Å². The summed E-state index contributed by atoms with van der Waals surface area (Å²) < 4.78 is 0. The molecule has 1 unspecified atom stereocenters. The minimum Gasteiger partial charge on any atom is -0.504 e. The van der Waals surface area contributed by atoms with Crippen molar-refractivity contribution in [3.05, 3.63) is 23.8 Å². The number of benzene rings is 1. The van der Waals surface area contributed by atoms with Crippen molar-refractivity contribution in [2.45, 2.75) is 25.3 Å². The molecule has 17 heavy (non-hydrogen) atoms. The Morgan fingerprint density at radius 3 is 2.53 bits per heavy atom. The van der Waals surface area contributed by atoms with E-state index in [1.165, 1.54) is 19.1 Å². The van der Waals surface area contributed by atoms with Crippen LogP contribution in [0.3, 0.4) is 0 Å². The van der Waals surface area contributed by atoms with Crippen LogP contribution < -0.4 is 11.3 Å². The average Bonchev–Trinajstić information content (AvgIpc) is 2.30. The highest BCUT2D eigenvalue weighted by Gasteiger charge is 2.31. The van der Waals surface area contributed by atoms with E-state index in [9.17, 15) is 9.90 Å². The van der Waals surface area contributed by atoms with Gasteiger partial charge in [-0.1, -0.05) is 6.07 Å². The van der Waals surface area contributed by atoms with E-state index in [1.807, 2.05) is 0 Å². The molecule has 0 heterocycles. The lowest BCUT2D eigenvalue weighted by molar-refractivity contribution is -0.144. The first-order valence-corrected chi connectivity index (χ1v) is 5.11. The van der Waals surface area contributed by atoms with Crippen LogP contribution in [0.4, 0.5) is 0 Å². The van der Waals surface area contributed by atoms with E-state index < -0.39 is 11.5 Å². The summed E-state index contributed by atoms with van der Waals surface area (Å²) in [6, 6.07) is 4.38. The molecule has 0 aliphatic carbocycles.